The molecule has 1 amide bonds. The number of anilines is 2. The van der Waals surface area contributed by atoms with Crippen LogP contribution < -0.4 is 15.8 Å². The molecule has 0 spiro atoms. The minimum atomic E-state index is -0.295. The molecule has 1 aliphatic carbocycles. The molecule has 5 rings (SSSR count). The summed E-state index contributed by atoms with van der Waals surface area (Å²) in [5.41, 5.74) is 8.85. The molecule has 0 radical (unpaired) electrons. The highest BCUT2D eigenvalue weighted by atomic mass is 16.5. The van der Waals surface area contributed by atoms with Gasteiger partial charge in [-0.2, -0.15) is 0 Å². The lowest BCUT2D eigenvalue weighted by molar-refractivity contribution is 0.0479. The molecule has 180 valence electrons. The molecular weight excluding hydrogens is 434 g/mol. The standard InChI is InChI=1S/C25H31N5O4/c1-25(9-10-25)30-22-19(21(26)27-15-28-22)20(24(30)34-14-17-7-11-33-12-8-17)23(31)29-18-5-3-16(4-6-18)13-32-2/h3-6,15,17H,7-14H2,1-2H3,(H,29,31)(H2,26,27,28). The molecule has 1 saturated heterocycles. The number of carbonyl (C=O) groups is 1. The van der Waals surface area contributed by atoms with E-state index in [0.29, 0.717) is 47.3 Å². The predicted octanol–water partition coefficient (Wildman–Crippen LogP) is 3.73. The van der Waals surface area contributed by atoms with E-state index in [2.05, 4.69) is 26.8 Å². The van der Waals surface area contributed by atoms with Gasteiger partial charge in [-0.3, -0.25) is 9.36 Å². The summed E-state index contributed by atoms with van der Waals surface area (Å²) in [6, 6.07) is 7.56. The quantitative estimate of drug-likeness (QED) is 0.521. The normalized spacial score (nSPS) is 17.6. The molecule has 0 bridgehead atoms. The van der Waals surface area contributed by atoms with Crippen molar-refractivity contribution in [1.29, 1.82) is 0 Å². The maximum atomic E-state index is 13.7. The Bertz CT molecular complexity index is 1180. The van der Waals surface area contributed by atoms with E-state index in [4.69, 9.17) is 19.9 Å². The summed E-state index contributed by atoms with van der Waals surface area (Å²) in [6.45, 7) is 4.65. The number of rotatable bonds is 8. The fourth-order valence-electron chi connectivity index (χ4n) is 4.52. The number of hydrogen-bond donors (Lipinski definition) is 2. The lowest BCUT2D eigenvalue weighted by Gasteiger charge is -2.24. The van der Waals surface area contributed by atoms with Gasteiger partial charge in [0.2, 0.25) is 5.88 Å². The van der Waals surface area contributed by atoms with E-state index in [9.17, 15) is 4.79 Å². The second-order valence-electron chi connectivity index (χ2n) is 9.42. The third-order valence-electron chi connectivity index (χ3n) is 6.80. The van der Waals surface area contributed by atoms with Crippen LogP contribution >= 0.6 is 0 Å². The number of methoxy groups -OCH3 is 1. The largest absolute Gasteiger partial charge is 0.478 e. The van der Waals surface area contributed by atoms with E-state index in [-0.39, 0.29) is 17.3 Å². The van der Waals surface area contributed by atoms with Crippen molar-refractivity contribution in [3.63, 3.8) is 0 Å². The zero-order chi connectivity index (χ0) is 23.7. The molecule has 1 aliphatic heterocycles. The van der Waals surface area contributed by atoms with Crippen molar-refractivity contribution in [3.05, 3.63) is 41.7 Å². The van der Waals surface area contributed by atoms with Gasteiger partial charge >= 0.3 is 0 Å². The Kier molecular flexibility index (Phi) is 6.14. The lowest BCUT2D eigenvalue weighted by atomic mass is 10.0. The van der Waals surface area contributed by atoms with Crippen molar-refractivity contribution in [2.45, 2.75) is 44.8 Å². The minimum Gasteiger partial charge on any atom is -0.478 e. The number of nitrogens with one attached hydrogen (secondary N) is 1. The number of ether oxygens (including phenoxy) is 3. The van der Waals surface area contributed by atoms with Gasteiger partial charge in [0.05, 0.1) is 18.6 Å². The van der Waals surface area contributed by atoms with Crippen molar-refractivity contribution < 1.29 is 19.0 Å². The van der Waals surface area contributed by atoms with Crippen LogP contribution in [0.2, 0.25) is 0 Å². The van der Waals surface area contributed by atoms with Crippen LogP contribution in [0.4, 0.5) is 11.5 Å². The molecule has 2 aliphatic rings. The zero-order valence-electron chi connectivity index (χ0n) is 19.7. The van der Waals surface area contributed by atoms with Gasteiger partial charge in [-0.15, -0.1) is 0 Å². The van der Waals surface area contributed by atoms with Gasteiger partial charge in [0.25, 0.3) is 5.91 Å². The van der Waals surface area contributed by atoms with E-state index in [0.717, 1.165) is 44.5 Å². The molecular formula is C25H31N5O4. The Balaban J connectivity index is 1.54. The number of fused-ring (bicyclic) bond motifs is 1. The van der Waals surface area contributed by atoms with E-state index in [1.807, 2.05) is 24.3 Å². The molecule has 2 fully saturated rings. The van der Waals surface area contributed by atoms with Gasteiger partial charge in [0, 0.05) is 31.5 Å². The summed E-state index contributed by atoms with van der Waals surface area (Å²) in [7, 11) is 1.65. The Labute approximate surface area is 198 Å². The first-order chi connectivity index (χ1) is 16.5. The maximum absolute atomic E-state index is 13.7. The van der Waals surface area contributed by atoms with Crippen LogP contribution in [0.3, 0.4) is 0 Å². The molecule has 1 saturated carbocycles. The van der Waals surface area contributed by atoms with Crippen LogP contribution in [0.1, 0.15) is 48.5 Å². The summed E-state index contributed by atoms with van der Waals surface area (Å²) >= 11 is 0. The monoisotopic (exact) mass is 465 g/mol. The first-order valence-electron chi connectivity index (χ1n) is 11.8. The van der Waals surface area contributed by atoms with Crippen LogP contribution in [0.15, 0.2) is 30.6 Å². The molecule has 1 aromatic carbocycles. The summed E-state index contributed by atoms with van der Waals surface area (Å²) in [5, 5.41) is 3.54. The van der Waals surface area contributed by atoms with Gasteiger partial charge in [0.15, 0.2) is 0 Å². The average molecular weight is 466 g/mol. The maximum Gasteiger partial charge on any atom is 0.261 e. The summed E-state index contributed by atoms with van der Waals surface area (Å²) in [4.78, 5) is 22.4. The Morgan fingerprint density at radius 2 is 1.97 bits per heavy atom. The van der Waals surface area contributed by atoms with E-state index in [1.165, 1.54) is 6.33 Å². The second-order valence-corrected chi connectivity index (χ2v) is 9.42. The third-order valence-corrected chi connectivity index (χ3v) is 6.80. The molecule has 2 aromatic heterocycles. The highest BCUT2D eigenvalue weighted by Crippen LogP contribution is 2.50. The number of carbonyl (C=O) groups excluding carboxylic acids is 1. The smallest absolute Gasteiger partial charge is 0.261 e. The van der Waals surface area contributed by atoms with Crippen LogP contribution in [0.5, 0.6) is 5.88 Å². The van der Waals surface area contributed by atoms with Crippen molar-refractivity contribution in [2.24, 2.45) is 5.92 Å². The van der Waals surface area contributed by atoms with Gasteiger partial charge in [-0.25, -0.2) is 9.97 Å². The second kappa shape index (κ2) is 9.23. The topological polar surface area (TPSA) is 114 Å². The molecule has 3 heterocycles. The fourth-order valence-corrected chi connectivity index (χ4v) is 4.52. The summed E-state index contributed by atoms with van der Waals surface area (Å²) in [6.07, 6.45) is 5.29. The fraction of sp³-hybridized carbons (Fsp3) is 0.480. The Hall–Kier alpha value is -3.17. The van der Waals surface area contributed by atoms with Crippen molar-refractivity contribution >= 4 is 28.4 Å². The number of nitrogen functional groups attached to an aromatic ring is 1. The number of nitrogens with zero attached hydrogens (tertiary/aromatic N) is 3. The Morgan fingerprint density at radius 1 is 1.24 bits per heavy atom. The molecule has 9 heteroatoms. The zero-order valence-corrected chi connectivity index (χ0v) is 19.7. The van der Waals surface area contributed by atoms with E-state index >= 15 is 0 Å². The third kappa shape index (κ3) is 4.33. The van der Waals surface area contributed by atoms with Crippen molar-refractivity contribution in [1.82, 2.24) is 14.5 Å². The predicted molar refractivity (Wildman–Crippen MR) is 129 cm³/mol. The SMILES string of the molecule is COCc1ccc(NC(=O)c2c(OCC3CCOCC3)n(C3(C)CC3)c3ncnc(N)c23)cc1. The van der Waals surface area contributed by atoms with Crippen molar-refractivity contribution in [2.75, 3.05) is 38.0 Å². The number of amides is 1. The first kappa shape index (κ1) is 22.6. The minimum absolute atomic E-state index is 0.162. The molecule has 0 atom stereocenters. The summed E-state index contributed by atoms with van der Waals surface area (Å²) < 4.78 is 19.1. The average Bonchev–Trinajstić information content (AvgIpc) is 3.48. The molecule has 3 aromatic rings. The first-order valence-corrected chi connectivity index (χ1v) is 11.8. The molecule has 9 nitrogen and oxygen atoms in total. The number of nitrogens with two attached hydrogens (primary N) is 1. The van der Waals surface area contributed by atoms with Crippen LogP contribution in [-0.4, -0.2) is 47.4 Å². The van der Waals surface area contributed by atoms with E-state index < -0.39 is 0 Å². The molecule has 0 unspecified atom stereocenters. The molecule has 34 heavy (non-hydrogen) atoms. The van der Waals surface area contributed by atoms with E-state index in [1.54, 1.807) is 7.11 Å². The van der Waals surface area contributed by atoms with Gasteiger partial charge in [-0.1, -0.05) is 12.1 Å². The van der Waals surface area contributed by atoms with Gasteiger partial charge in [-0.05, 0) is 56.2 Å². The molecule has 3 N–H and O–H groups in total. The van der Waals surface area contributed by atoms with Crippen LogP contribution in [-0.2, 0) is 21.6 Å². The van der Waals surface area contributed by atoms with Gasteiger partial charge in [0.1, 0.15) is 23.4 Å². The van der Waals surface area contributed by atoms with Crippen LogP contribution in [0.25, 0.3) is 11.0 Å². The highest BCUT2D eigenvalue weighted by molar-refractivity contribution is 6.17. The summed E-state index contributed by atoms with van der Waals surface area (Å²) in [5.74, 6) is 0.863. The number of benzene rings is 1. The van der Waals surface area contributed by atoms with Crippen LogP contribution in [0, 0.1) is 5.92 Å². The Morgan fingerprint density at radius 3 is 2.65 bits per heavy atom. The number of aromatic nitrogens is 3. The highest BCUT2D eigenvalue weighted by Gasteiger charge is 2.45. The number of hydrogen-bond acceptors (Lipinski definition) is 7. The lowest BCUT2D eigenvalue weighted by Crippen LogP contribution is -2.24. The van der Waals surface area contributed by atoms with Gasteiger partial charge < -0.3 is 25.3 Å². The van der Waals surface area contributed by atoms with Crippen molar-refractivity contribution in [3.8, 4) is 5.88 Å².